The fourth-order valence-electron chi connectivity index (χ4n) is 2.18. The molecule has 2 rings (SSSR count). The Morgan fingerprint density at radius 3 is 2.50 bits per heavy atom. The summed E-state index contributed by atoms with van der Waals surface area (Å²) in [4.78, 5) is 31.1. The van der Waals surface area contributed by atoms with E-state index < -0.39 is 0 Å². The smallest absolute Gasteiger partial charge is 0.255 e. The molecule has 0 unspecified atom stereocenters. The van der Waals surface area contributed by atoms with Gasteiger partial charge in [0.1, 0.15) is 5.15 Å². The number of hydrogen-bond donors (Lipinski definition) is 0. The Bertz CT molecular complexity index is 536. The Labute approximate surface area is 127 Å². The second-order valence-electron chi connectivity index (χ2n) is 4.64. The zero-order valence-electron chi connectivity index (χ0n) is 11.1. The van der Waals surface area contributed by atoms with Gasteiger partial charge in [-0.2, -0.15) is 0 Å². The zero-order valence-corrected chi connectivity index (χ0v) is 12.6. The number of rotatable bonds is 1. The van der Waals surface area contributed by atoms with Gasteiger partial charge >= 0.3 is 0 Å². The van der Waals surface area contributed by atoms with E-state index in [1.54, 1.807) is 9.80 Å². The van der Waals surface area contributed by atoms with E-state index in [0.29, 0.717) is 31.7 Å². The fraction of sp³-hybridized carbons (Fsp3) is 0.462. The highest BCUT2D eigenvalue weighted by Crippen LogP contribution is 2.20. The minimum Gasteiger partial charge on any atom is -0.341 e. The second-order valence-corrected chi connectivity index (χ2v) is 5.43. The van der Waals surface area contributed by atoms with Gasteiger partial charge in [0.25, 0.3) is 5.91 Å². The van der Waals surface area contributed by atoms with Crippen LogP contribution in [0.4, 0.5) is 0 Å². The first-order valence-electron chi connectivity index (χ1n) is 6.35. The topological polar surface area (TPSA) is 53.5 Å². The molecule has 1 aliphatic rings. The van der Waals surface area contributed by atoms with E-state index in [1.165, 1.54) is 19.2 Å². The molecule has 2 amide bonds. The first-order valence-corrected chi connectivity index (χ1v) is 7.10. The molecule has 0 radical (unpaired) electrons. The fourth-order valence-corrected chi connectivity index (χ4v) is 2.52. The number of amides is 2. The minimum absolute atomic E-state index is 0.0317. The van der Waals surface area contributed by atoms with Crippen molar-refractivity contribution in [3.05, 3.63) is 28.0 Å². The number of hydrogen-bond acceptors (Lipinski definition) is 3. The Balaban J connectivity index is 2.13. The molecular formula is C13H15Cl2N3O2. The van der Waals surface area contributed by atoms with Crippen LogP contribution < -0.4 is 0 Å². The van der Waals surface area contributed by atoms with Crippen LogP contribution in [-0.4, -0.2) is 52.8 Å². The summed E-state index contributed by atoms with van der Waals surface area (Å²) in [5.74, 6) is -0.144. The first-order chi connectivity index (χ1) is 9.49. The van der Waals surface area contributed by atoms with Crippen LogP contribution in [0.15, 0.2) is 12.3 Å². The molecule has 0 aliphatic carbocycles. The molecule has 20 heavy (non-hydrogen) atoms. The third-order valence-corrected chi connectivity index (χ3v) is 3.79. The van der Waals surface area contributed by atoms with Crippen LogP contribution in [0.25, 0.3) is 0 Å². The van der Waals surface area contributed by atoms with Crippen molar-refractivity contribution in [3.8, 4) is 0 Å². The zero-order chi connectivity index (χ0) is 14.7. The molecule has 7 heteroatoms. The summed E-state index contributed by atoms with van der Waals surface area (Å²) in [6, 6.07) is 1.47. The van der Waals surface area contributed by atoms with Crippen molar-refractivity contribution in [2.75, 3.05) is 26.2 Å². The van der Waals surface area contributed by atoms with E-state index in [1.807, 2.05) is 0 Å². The van der Waals surface area contributed by atoms with E-state index >= 15 is 0 Å². The Morgan fingerprint density at radius 1 is 1.15 bits per heavy atom. The molecule has 2 heterocycles. The average molecular weight is 316 g/mol. The molecule has 0 saturated carbocycles. The van der Waals surface area contributed by atoms with Crippen molar-refractivity contribution in [1.82, 2.24) is 14.8 Å². The lowest BCUT2D eigenvalue weighted by Crippen LogP contribution is -2.36. The van der Waals surface area contributed by atoms with Crippen LogP contribution in [0.3, 0.4) is 0 Å². The van der Waals surface area contributed by atoms with Crippen molar-refractivity contribution in [2.45, 2.75) is 13.3 Å². The van der Waals surface area contributed by atoms with E-state index in [0.717, 1.165) is 6.42 Å². The van der Waals surface area contributed by atoms with Crippen LogP contribution in [0, 0.1) is 0 Å². The van der Waals surface area contributed by atoms with Crippen molar-refractivity contribution >= 4 is 35.0 Å². The summed E-state index contributed by atoms with van der Waals surface area (Å²) in [7, 11) is 0. The van der Waals surface area contributed by atoms with Crippen LogP contribution in [0.1, 0.15) is 23.7 Å². The predicted octanol–water partition coefficient (Wildman–Crippen LogP) is 2.08. The molecule has 1 aromatic heterocycles. The van der Waals surface area contributed by atoms with Gasteiger partial charge in [-0.3, -0.25) is 9.59 Å². The number of aromatic nitrogens is 1. The summed E-state index contributed by atoms with van der Waals surface area (Å²) in [5, 5.41) is 0.519. The van der Waals surface area contributed by atoms with Gasteiger partial charge in [-0.1, -0.05) is 23.2 Å². The quantitative estimate of drug-likeness (QED) is 0.746. The van der Waals surface area contributed by atoms with Gasteiger partial charge in [0.2, 0.25) is 5.91 Å². The third kappa shape index (κ3) is 3.41. The summed E-state index contributed by atoms with van der Waals surface area (Å²) >= 11 is 11.8. The SMILES string of the molecule is CC(=O)N1CCCN(C(=O)c2cc(Cl)ncc2Cl)CC1. The van der Waals surface area contributed by atoms with Gasteiger partial charge in [-0.05, 0) is 12.5 Å². The summed E-state index contributed by atoms with van der Waals surface area (Å²) in [6.45, 7) is 3.84. The Morgan fingerprint density at radius 2 is 1.80 bits per heavy atom. The number of pyridine rings is 1. The van der Waals surface area contributed by atoms with Crippen molar-refractivity contribution in [3.63, 3.8) is 0 Å². The lowest BCUT2D eigenvalue weighted by Gasteiger charge is -2.21. The molecular weight excluding hydrogens is 301 g/mol. The van der Waals surface area contributed by atoms with Gasteiger partial charge < -0.3 is 9.80 Å². The number of nitrogens with zero attached hydrogens (tertiary/aromatic N) is 3. The molecule has 1 fully saturated rings. The minimum atomic E-state index is -0.176. The summed E-state index contributed by atoms with van der Waals surface area (Å²) in [5.41, 5.74) is 0.350. The predicted molar refractivity (Wildman–Crippen MR) is 77.0 cm³/mol. The normalized spacial score (nSPS) is 15.9. The molecule has 1 aliphatic heterocycles. The van der Waals surface area contributed by atoms with E-state index in [9.17, 15) is 9.59 Å². The van der Waals surface area contributed by atoms with E-state index in [-0.39, 0.29) is 22.0 Å². The van der Waals surface area contributed by atoms with E-state index in [4.69, 9.17) is 23.2 Å². The molecule has 0 spiro atoms. The molecule has 0 bridgehead atoms. The lowest BCUT2D eigenvalue weighted by atomic mass is 10.2. The maximum atomic E-state index is 12.5. The number of carbonyl (C=O) groups is 2. The summed E-state index contributed by atoms with van der Waals surface area (Å²) < 4.78 is 0. The van der Waals surface area contributed by atoms with Crippen LogP contribution in [0.5, 0.6) is 0 Å². The van der Waals surface area contributed by atoms with Crippen LogP contribution in [0.2, 0.25) is 10.2 Å². The van der Waals surface area contributed by atoms with Gasteiger partial charge in [-0.25, -0.2) is 4.98 Å². The largest absolute Gasteiger partial charge is 0.341 e. The maximum Gasteiger partial charge on any atom is 0.255 e. The number of halogens is 2. The van der Waals surface area contributed by atoms with Gasteiger partial charge in [0.05, 0.1) is 10.6 Å². The highest BCUT2D eigenvalue weighted by molar-refractivity contribution is 6.35. The molecule has 108 valence electrons. The standard InChI is InChI=1S/C13H15Cl2N3O2/c1-9(19)17-3-2-4-18(6-5-17)13(20)10-7-12(15)16-8-11(10)14/h7-8H,2-6H2,1H3. The highest BCUT2D eigenvalue weighted by Gasteiger charge is 2.23. The van der Waals surface area contributed by atoms with Gasteiger partial charge in [0, 0.05) is 39.3 Å². The second kappa shape index (κ2) is 6.41. The highest BCUT2D eigenvalue weighted by atomic mass is 35.5. The van der Waals surface area contributed by atoms with Crippen molar-refractivity contribution < 1.29 is 9.59 Å². The third-order valence-electron chi connectivity index (χ3n) is 3.28. The van der Waals surface area contributed by atoms with Crippen molar-refractivity contribution in [2.24, 2.45) is 0 Å². The van der Waals surface area contributed by atoms with Gasteiger partial charge in [-0.15, -0.1) is 0 Å². The summed E-state index contributed by atoms with van der Waals surface area (Å²) in [6.07, 6.45) is 2.12. The van der Waals surface area contributed by atoms with Crippen molar-refractivity contribution in [1.29, 1.82) is 0 Å². The molecule has 5 nitrogen and oxygen atoms in total. The first kappa shape index (κ1) is 15.1. The van der Waals surface area contributed by atoms with Crippen LogP contribution >= 0.6 is 23.2 Å². The molecule has 1 saturated heterocycles. The maximum absolute atomic E-state index is 12.5. The molecule has 0 N–H and O–H groups in total. The average Bonchev–Trinajstić information content (AvgIpc) is 2.66. The number of carbonyl (C=O) groups excluding carboxylic acids is 2. The Hall–Kier alpha value is -1.33. The molecule has 0 aromatic carbocycles. The molecule has 1 aromatic rings. The van der Waals surface area contributed by atoms with E-state index in [2.05, 4.69) is 4.98 Å². The lowest BCUT2D eigenvalue weighted by molar-refractivity contribution is -0.128. The van der Waals surface area contributed by atoms with Crippen LogP contribution in [-0.2, 0) is 4.79 Å². The Kier molecular flexibility index (Phi) is 4.83. The monoisotopic (exact) mass is 315 g/mol. The molecule has 0 atom stereocenters. The van der Waals surface area contributed by atoms with Gasteiger partial charge in [0.15, 0.2) is 0 Å².